The van der Waals surface area contributed by atoms with Crippen molar-refractivity contribution in [2.75, 3.05) is 12.0 Å². The van der Waals surface area contributed by atoms with Crippen molar-refractivity contribution < 1.29 is 5.11 Å². The Morgan fingerprint density at radius 2 is 2.46 bits per heavy atom. The predicted octanol–water partition coefficient (Wildman–Crippen LogP) is 1.69. The molecular weight excluding hydrogens is 184 g/mol. The molecule has 1 atom stereocenters. The molecule has 0 aliphatic heterocycles. The van der Waals surface area contributed by atoms with Crippen LogP contribution < -0.4 is 0 Å². The molecule has 3 nitrogen and oxygen atoms in total. The van der Waals surface area contributed by atoms with Crippen molar-refractivity contribution in [1.29, 1.82) is 0 Å². The third-order valence-corrected chi connectivity index (χ3v) is 2.57. The maximum absolute atomic E-state index is 9.25. The second-order valence-corrected chi connectivity index (χ2v) is 4.04. The molecule has 1 rings (SSSR count). The summed E-state index contributed by atoms with van der Waals surface area (Å²) in [5.41, 5.74) is 0.893. The fourth-order valence-electron chi connectivity index (χ4n) is 1.09. The van der Waals surface area contributed by atoms with Crippen molar-refractivity contribution in [3.63, 3.8) is 0 Å². The average molecular weight is 200 g/mol. The molecule has 1 N–H and O–H groups in total. The second kappa shape index (κ2) is 5.29. The monoisotopic (exact) mass is 200 g/mol. The van der Waals surface area contributed by atoms with E-state index >= 15 is 0 Å². The number of hydrogen-bond donors (Lipinski definition) is 1. The molecule has 0 amide bonds. The lowest BCUT2D eigenvalue weighted by Gasteiger charge is -2.00. The first-order valence-corrected chi connectivity index (χ1v) is 5.82. The molecule has 1 unspecified atom stereocenters. The summed E-state index contributed by atoms with van der Waals surface area (Å²) in [5.74, 6) is 1.16. The molecule has 13 heavy (non-hydrogen) atoms. The highest BCUT2D eigenvalue weighted by Gasteiger charge is 2.03. The van der Waals surface area contributed by atoms with Crippen molar-refractivity contribution >= 4 is 11.8 Å². The molecule has 0 aliphatic rings. The second-order valence-electron chi connectivity index (χ2n) is 3.06. The number of aliphatic hydroxyl groups is 1. The minimum absolute atomic E-state index is 0.408. The number of thioether (sulfide) groups is 1. The van der Waals surface area contributed by atoms with Crippen LogP contribution in [0, 0.1) is 0 Å². The summed E-state index contributed by atoms with van der Waals surface area (Å²) in [5, 5.41) is 13.4. The summed E-state index contributed by atoms with van der Waals surface area (Å²) < 4.78 is 1.89. The van der Waals surface area contributed by atoms with E-state index in [1.54, 1.807) is 13.1 Å². The smallest absolute Gasteiger partial charge is 0.0792 e. The minimum atomic E-state index is -0.408. The van der Waals surface area contributed by atoms with Crippen LogP contribution in [0.2, 0.25) is 0 Å². The van der Waals surface area contributed by atoms with E-state index in [1.165, 1.54) is 0 Å². The molecule has 0 radical (unpaired) electrons. The first kappa shape index (κ1) is 10.6. The van der Waals surface area contributed by atoms with Gasteiger partial charge in [-0.25, -0.2) is 0 Å². The van der Waals surface area contributed by atoms with Crippen LogP contribution in [0.3, 0.4) is 0 Å². The predicted molar refractivity (Wildman–Crippen MR) is 55.9 cm³/mol. The fourth-order valence-corrected chi connectivity index (χ4v) is 1.51. The quantitative estimate of drug-likeness (QED) is 0.735. The van der Waals surface area contributed by atoms with E-state index in [2.05, 4.69) is 11.4 Å². The Morgan fingerprint density at radius 3 is 3.00 bits per heavy atom. The molecule has 4 heteroatoms. The third-order valence-electron chi connectivity index (χ3n) is 1.87. The zero-order valence-corrected chi connectivity index (χ0v) is 8.92. The number of hydrogen-bond acceptors (Lipinski definition) is 3. The summed E-state index contributed by atoms with van der Waals surface area (Å²) in [6, 6.07) is 0. The van der Waals surface area contributed by atoms with E-state index in [0.29, 0.717) is 0 Å². The first-order valence-electron chi connectivity index (χ1n) is 4.43. The van der Waals surface area contributed by atoms with Gasteiger partial charge in [0.15, 0.2) is 0 Å². The highest BCUT2D eigenvalue weighted by molar-refractivity contribution is 7.98. The van der Waals surface area contributed by atoms with Crippen LogP contribution in [0.25, 0.3) is 0 Å². The van der Waals surface area contributed by atoms with Crippen LogP contribution in [0.1, 0.15) is 25.0 Å². The summed E-state index contributed by atoms with van der Waals surface area (Å²) >= 11 is 1.84. The van der Waals surface area contributed by atoms with E-state index < -0.39 is 6.10 Å². The van der Waals surface area contributed by atoms with Gasteiger partial charge in [0, 0.05) is 18.3 Å². The van der Waals surface area contributed by atoms with Crippen LogP contribution >= 0.6 is 11.8 Å². The van der Waals surface area contributed by atoms with Crippen LogP contribution in [-0.2, 0) is 6.54 Å². The number of aromatic nitrogens is 2. The van der Waals surface area contributed by atoms with Gasteiger partial charge in [0.05, 0.1) is 12.3 Å². The van der Waals surface area contributed by atoms with Crippen LogP contribution in [0.5, 0.6) is 0 Å². The van der Waals surface area contributed by atoms with Crippen molar-refractivity contribution in [2.24, 2.45) is 0 Å². The Hall–Kier alpha value is -0.480. The van der Waals surface area contributed by atoms with Crippen LogP contribution in [0.15, 0.2) is 12.4 Å². The topological polar surface area (TPSA) is 38.0 Å². The molecule has 0 bridgehead atoms. The molecule has 0 spiro atoms. The molecular formula is C9H16N2OS. The number of aryl methyl sites for hydroxylation is 1. The van der Waals surface area contributed by atoms with Gasteiger partial charge in [0.2, 0.25) is 0 Å². The molecule has 1 aromatic heterocycles. The largest absolute Gasteiger partial charge is 0.389 e. The van der Waals surface area contributed by atoms with Gasteiger partial charge in [0.1, 0.15) is 0 Å². The molecule has 1 aromatic rings. The highest BCUT2D eigenvalue weighted by atomic mass is 32.2. The van der Waals surface area contributed by atoms with Gasteiger partial charge in [-0.05, 0) is 25.4 Å². The van der Waals surface area contributed by atoms with Crippen molar-refractivity contribution in [1.82, 2.24) is 9.78 Å². The molecule has 0 saturated carbocycles. The van der Waals surface area contributed by atoms with Gasteiger partial charge in [-0.1, -0.05) is 0 Å². The zero-order chi connectivity index (χ0) is 9.68. The molecule has 0 aliphatic carbocycles. The average Bonchev–Trinajstić information content (AvgIpc) is 2.53. The van der Waals surface area contributed by atoms with E-state index in [1.807, 2.05) is 22.6 Å². The van der Waals surface area contributed by atoms with Gasteiger partial charge in [-0.2, -0.15) is 16.9 Å². The van der Waals surface area contributed by atoms with Crippen molar-refractivity contribution in [2.45, 2.75) is 26.0 Å². The Labute approximate surface area is 83.1 Å². The summed E-state index contributed by atoms with van der Waals surface area (Å²) in [6.45, 7) is 2.69. The van der Waals surface area contributed by atoms with Crippen molar-refractivity contribution in [3.8, 4) is 0 Å². The standard InChI is InChI=1S/C9H16N2OS/c1-8(12)9-6-10-11(7-9)4-3-5-13-2/h6-8,12H,3-5H2,1-2H3. The molecule has 0 aromatic carbocycles. The molecule has 74 valence electrons. The van der Waals surface area contributed by atoms with E-state index in [4.69, 9.17) is 0 Å². The Kier molecular flexibility index (Phi) is 4.32. The van der Waals surface area contributed by atoms with Gasteiger partial charge in [0.25, 0.3) is 0 Å². The molecule has 0 saturated heterocycles. The lowest BCUT2D eigenvalue weighted by atomic mass is 10.2. The molecule has 1 heterocycles. The third kappa shape index (κ3) is 3.40. The normalized spacial score (nSPS) is 13.2. The first-order chi connectivity index (χ1) is 6.24. The van der Waals surface area contributed by atoms with E-state index in [0.717, 1.165) is 24.3 Å². The highest BCUT2D eigenvalue weighted by Crippen LogP contribution is 2.10. The van der Waals surface area contributed by atoms with Crippen LogP contribution in [-0.4, -0.2) is 26.9 Å². The molecule has 0 fully saturated rings. The summed E-state index contributed by atoms with van der Waals surface area (Å²) in [4.78, 5) is 0. The van der Waals surface area contributed by atoms with Gasteiger partial charge in [-0.3, -0.25) is 4.68 Å². The Bertz CT molecular complexity index is 248. The van der Waals surface area contributed by atoms with Gasteiger partial charge >= 0.3 is 0 Å². The Morgan fingerprint density at radius 1 is 1.69 bits per heavy atom. The van der Waals surface area contributed by atoms with Gasteiger partial charge < -0.3 is 5.11 Å². The summed E-state index contributed by atoms with van der Waals surface area (Å²) in [7, 11) is 0. The lowest BCUT2D eigenvalue weighted by Crippen LogP contribution is -1.99. The summed E-state index contributed by atoms with van der Waals surface area (Å²) in [6.07, 6.45) is 6.45. The van der Waals surface area contributed by atoms with Crippen molar-refractivity contribution in [3.05, 3.63) is 18.0 Å². The number of aliphatic hydroxyl groups excluding tert-OH is 1. The maximum Gasteiger partial charge on any atom is 0.0792 e. The fraction of sp³-hybridized carbons (Fsp3) is 0.667. The zero-order valence-electron chi connectivity index (χ0n) is 8.10. The van der Waals surface area contributed by atoms with Gasteiger partial charge in [-0.15, -0.1) is 0 Å². The minimum Gasteiger partial charge on any atom is -0.389 e. The van der Waals surface area contributed by atoms with E-state index in [9.17, 15) is 5.11 Å². The Balaban J connectivity index is 2.40. The van der Waals surface area contributed by atoms with Crippen LogP contribution in [0.4, 0.5) is 0 Å². The maximum atomic E-state index is 9.25. The number of rotatable bonds is 5. The lowest BCUT2D eigenvalue weighted by molar-refractivity contribution is 0.199. The van der Waals surface area contributed by atoms with E-state index in [-0.39, 0.29) is 0 Å². The number of nitrogens with zero attached hydrogens (tertiary/aromatic N) is 2. The SMILES string of the molecule is CSCCCn1cc(C(C)O)cn1.